The molecule has 0 aliphatic carbocycles. The van der Waals surface area contributed by atoms with E-state index in [0.717, 1.165) is 24.5 Å². The number of rotatable bonds is 1. The summed E-state index contributed by atoms with van der Waals surface area (Å²) in [7, 11) is 2.18. The maximum atomic E-state index is 5.96. The molecule has 1 aromatic heterocycles. The topological polar surface area (TPSA) is 45.4 Å². The smallest absolute Gasteiger partial charge is 0.0738 e. The van der Waals surface area contributed by atoms with E-state index >= 15 is 0 Å². The van der Waals surface area contributed by atoms with Gasteiger partial charge < -0.3 is 10.6 Å². The van der Waals surface area contributed by atoms with Crippen molar-refractivity contribution in [2.75, 3.05) is 30.8 Å². The predicted octanol–water partition coefficient (Wildman–Crippen LogP) is 1.19. The van der Waals surface area contributed by atoms with Crippen LogP contribution in [0, 0.1) is 0 Å². The SMILES string of the molecule is CC1CN(c2ccncc2N)CC(C)N1C. The molecular weight excluding hydrogens is 200 g/mol. The van der Waals surface area contributed by atoms with E-state index in [9.17, 15) is 0 Å². The molecular formula is C12H20N4. The van der Waals surface area contributed by atoms with Crippen molar-refractivity contribution in [1.29, 1.82) is 0 Å². The van der Waals surface area contributed by atoms with Gasteiger partial charge >= 0.3 is 0 Å². The highest BCUT2D eigenvalue weighted by Crippen LogP contribution is 2.25. The van der Waals surface area contributed by atoms with Gasteiger partial charge in [-0.05, 0) is 27.0 Å². The lowest BCUT2D eigenvalue weighted by Crippen LogP contribution is -2.55. The summed E-state index contributed by atoms with van der Waals surface area (Å²) in [5.74, 6) is 0. The molecule has 88 valence electrons. The third kappa shape index (κ3) is 1.97. The van der Waals surface area contributed by atoms with E-state index in [-0.39, 0.29) is 0 Å². The standard InChI is InChI=1S/C12H20N4/c1-9-7-16(8-10(2)15(9)3)12-4-5-14-6-11(12)13/h4-6,9-10H,7-8,13H2,1-3H3. The fourth-order valence-electron chi connectivity index (χ4n) is 2.29. The van der Waals surface area contributed by atoms with Gasteiger partial charge in [0.05, 0.1) is 17.6 Å². The van der Waals surface area contributed by atoms with Gasteiger partial charge in [0.15, 0.2) is 0 Å². The Labute approximate surface area is 97.1 Å². The van der Waals surface area contributed by atoms with Crippen LogP contribution in [0.2, 0.25) is 0 Å². The normalized spacial score (nSPS) is 27.1. The minimum absolute atomic E-state index is 0.552. The molecule has 1 saturated heterocycles. The maximum Gasteiger partial charge on any atom is 0.0738 e. The zero-order valence-electron chi connectivity index (χ0n) is 10.2. The van der Waals surface area contributed by atoms with Crippen LogP contribution >= 0.6 is 0 Å². The molecule has 2 unspecified atom stereocenters. The molecule has 2 heterocycles. The van der Waals surface area contributed by atoms with Crippen LogP contribution in [0.3, 0.4) is 0 Å². The van der Waals surface area contributed by atoms with Crippen molar-refractivity contribution >= 4 is 11.4 Å². The highest BCUT2D eigenvalue weighted by Gasteiger charge is 2.27. The highest BCUT2D eigenvalue weighted by atomic mass is 15.3. The largest absolute Gasteiger partial charge is 0.396 e. The van der Waals surface area contributed by atoms with Gasteiger partial charge in [-0.3, -0.25) is 9.88 Å². The first-order chi connectivity index (χ1) is 7.59. The molecule has 0 spiro atoms. The van der Waals surface area contributed by atoms with Crippen molar-refractivity contribution in [1.82, 2.24) is 9.88 Å². The first-order valence-corrected chi connectivity index (χ1v) is 5.76. The van der Waals surface area contributed by atoms with Gasteiger partial charge in [-0.15, -0.1) is 0 Å². The van der Waals surface area contributed by atoms with Crippen molar-refractivity contribution in [2.24, 2.45) is 0 Å². The summed E-state index contributed by atoms with van der Waals surface area (Å²) in [5.41, 5.74) is 7.84. The number of nitrogens with two attached hydrogens (primary N) is 1. The molecule has 0 saturated carbocycles. The predicted molar refractivity (Wildman–Crippen MR) is 67.5 cm³/mol. The Morgan fingerprint density at radius 2 is 1.94 bits per heavy atom. The Hall–Kier alpha value is -1.29. The molecule has 4 nitrogen and oxygen atoms in total. The third-order valence-corrected chi connectivity index (χ3v) is 3.53. The van der Waals surface area contributed by atoms with E-state index in [1.165, 1.54) is 0 Å². The first kappa shape index (κ1) is 11.2. The lowest BCUT2D eigenvalue weighted by molar-refractivity contribution is 0.170. The molecule has 0 bridgehead atoms. The van der Waals surface area contributed by atoms with E-state index in [1.54, 1.807) is 12.4 Å². The summed E-state index contributed by atoms with van der Waals surface area (Å²) in [6.07, 6.45) is 3.53. The Balaban J connectivity index is 2.20. The Kier molecular flexibility index (Phi) is 3.01. The second-order valence-corrected chi connectivity index (χ2v) is 4.70. The van der Waals surface area contributed by atoms with Crippen LogP contribution in [-0.4, -0.2) is 42.1 Å². The minimum atomic E-state index is 0.552. The Bertz CT molecular complexity index is 354. The van der Waals surface area contributed by atoms with E-state index < -0.39 is 0 Å². The van der Waals surface area contributed by atoms with Crippen LogP contribution in [0.15, 0.2) is 18.5 Å². The van der Waals surface area contributed by atoms with Crippen LogP contribution in [0.4, 0.5) is 11.4 Å². The summed E-state index contributed by atoms with van der Waals surface area (Å²) in [4.78, 5) is 8.79. The van der Waals surface area contributed by atoms with Crippen LogP contribution in [0.1, 0.15) is 13.8 Å². The zero-order chi connectivity index (χ0) is 11.7. The second kappa shape index (κ2) is 4.29. The number of aromatic nitrogens is 1. The van der Waals surface area contributed by atoms with Crippen LogP contribution in [0.5, 0.6) is 0 Å². The van der Waals surface area contributed by atoms with E-state index in [4.69, 9.17) is 5.73 Å². The lowest BCUT2D eigenvalue weighted by atomic mass is 10.1. The van der Waals surface area contributed by atoms with Crippen molar-refractivity contribution in [3.05, 3.63) is 18.5 Å². The monoisotopic (exact) mass is 220 g/mol. The van der Waals surface area contributed by atoms with Crippen molar-refractivity contribution in [3.8, 4) is 0 Å². The van der Waals surface area contributed by atoms with Gasteiger partial charge in [0.2, 0.25) is 0 Å². The average Bonchev–Trinajstić information content (AvgIpc) is 2.26. The second-order valence-electron chi connectivity index (χ2n) is 4.70. The van der Waals surface area contributed by atoms with Gasteiger partial charge in [0.1, 0.15) is 0 Å². The van der Waals surface area contributed by atoms with E-state index in [2.05, 4.69) is 35.7 Å². The summed E-state index contributed by atoms with van der Waals surface area (Å²) in [6, 6.07) is 3.10. The number of likely N-dealkylation sites (N-methyl/N-ethyl adjacent to an activating group) is 1. The number of piperazine rings is 1. The number of anilines is 2. The Morgan fingerprint density at radius 1 is 1.31 bits per heavy atom. The van der Waals surface area contributed by atoms with E-state index in [0.29, 0.717) is 12.1 Å². The van der Waals surface area contributed by atoms with Crippen LogP contribution in [0.25, 0.3) is 0 Å². The van der Waals surface area contributed by atoms with Crippen LogP contribution < -0.4 is 10.6 Å². The molecule has 2 N–H and O–H groups in total. The minimum Gasteiger partial charge on any atom is -0.396 e. The number of pyridine rings is 1. The molecule has 0 radical (unpaired) electrons. The van der Waals surface area contributed by atoms with Gasteiger partial charge in [0, 0.05) is 31.4 Å². The molecule has 0 aromatic carbocycles. The fraction of sp³-hybridized carbons (Fsp3) is 0.583. The third-order valence-electron chi connectivity index (χ3n) is 3.53. The number of nitrogen functional groups attached to an aromatic ring is 1. The van der Waals surface area contributed by atoms with Gasteiger partial charge in [-0.1, -0.05) is 0 Å². The Morgan fingerprint density at radius 3 is 2.50 bits per heavy atom. The van der Waals surface area contributed by atoms with Gasteiger partial charge in [0.25, 0.3) is 0 Å². The molecule has 2 atom stereocenters. The maximum absolute atomic E-state index is 5.96. The van der Waals surface area contributed by atoms with Crippen molar-refractivity contribution in [2.45, 2.75) is 25.9 Å². The number of hydrogen-bond donors (Lipinski definition) is 1. The molecule has 2 rings (SSSR count). The summed E-state index contributed by atoms with van der Waals surface area (Å²) in [6.45, 7) is 6.55. The molecule has 4 heteroatoms. The van der Waals surface area contributed by atoms with Gasteiger partial charge in [-0.25, -0.2) is 0 Å². The molecule has 1 fully saturated rings. The van der Waals surface area contributed by atoms with Crippen molar-refractivity contribution in [3.63, 3.8) is 0 Å². The number of nitrogens with zero attached hydrogens (tertiary/aromatic N) is 3. The average molecular weight is 220 g/mol. The first-order valence-electron chi connectivity index (χ1n) is 5.76. The molecule has 1 aliphatic rings. The highest BCUT2D eigenvalue weighted by molar-refractivity contribution is 5.66. The fourth-order valence-corrected chi connectivity index (χ4v) is 2.29. The summed E-state index contributed by atoms with van der Waals surface area (Å²) < 4.78 is 0. The summed E-state index contributed by atoms with van der Waals surface area (Å²) >= 11 is 0. The molecule has 0 amide bonds. The lowest BCUT2D eigenvalue weighted by Gasteiger charge is -2.43. The number of hydrogen-bond acceptors (Lipinski definition) is 4. The van der Waals surface area contributed by atoms with Gasteiger partial charge in [-0.2, -0.15) is 0 Å². The van der Waals surface area contributed by atoms with E-state index in [1.807, 2.05) is 6.07 Å². The van der Waals surface area contributed by atoms with Crippen molar-refractivity contribution < 1.29 is 0 Å². The molecule has 1 aromatic rings. The zero-order valence-corrected chi connectivity index (χ0v) is 10.2. The molecule has 1 aliphatic heterocycles. The van der Waals surface area contributed by atoms with Crippen LogP contribution in [-0.2, 0) is 0 Å². The quantitative estimate of drug-likeness (QED) is 0.772. The molecule has 16 heavy (non-hydrogen) atoms. The summed E-state index contributed by atoms with van der Waals surface area (Å²) in [5, 5.41) is 0.